The van der Waals surface area contributed by atoms with Crippen molar-refractivity contribution in [2.45, 2.75) is 38.1 Å². The minimum atomic E-state index is -1.67. The highest BCUT2D eigenvalue weighted by Crippen LogP contribution is 2.62. The van der Waals surface area contributed by atoms with Crippen LogP contribution in [-0.4, -0.2) is 49.3 Å². The first-order chi connectivity index (χ1) is 21.7. The number of ketones is 1. The second-order valence-electron chi connectivity index (χ2n) is 11.5. The van der Waals surface area contributed by atoms with Crippen LogP contribution in [-0.2, 0) is 29.3 Å². The van der Waals surface area contributed by atoms with Crippen LogP contribution in [0.4, 0.5) is 5.69 Å². The molecule has 9 heteroatoms. The van der Waals surface area contributed by atoms with Gasteiger partial charge in [-0.05, 0) is 66.4 Å². The molecule has 0 saturated heterocycles. The first kappa shape index (κ1) is 30.3. The Hall–Kier alpha value is -4.69. The number of hydrogen-bond acceptors (Lipinski definition) is 7. The van der Waals surface area contributed by atoms with Crippen molar-refractivity contribution in [1.29, 1.82) is 0 Å². The number of methoxy groups -OCH3 is 2. The number of esters is 2. The van der Waals surface area contributed by atoms with E-state index in [4.69, 9.17) is 21.1 Å². The number of halogens is 1. The summed E-state index contributed by atoms with van der Waals surface area (Å²) in [5.41, 5.74) is 1.91. The van der Waals surface area contributed by atoms with Crippen molar-refractivity contribution in [3.8, 4) is 0 Å². The highest BCUT2D eigenvalue weighted by atomic mass is 35.5. The Kier molecular flexibility index (Phi) is 7.87. The van der Waals surface area contributed by atoms with Gasteiger partial charge in [-0.1, -0.05) is 66.9 Å². The molecule has 0 N–H and O–H groups in total. The Morgan fingerprint density at radius 1 is 0.956 bits per heavy atom. The second-order valence-corrected chi connectivity index (χ2v) is 11.9. The van der Waals surface area contributed by atoms with Crippen molar-refractivity contribution in [3.05, 3.63) is 117 Å². The number of ether oxygens (including phenoxy) is 2. The van der Waals surface area contributed by atoms with E-state index in [9.17, 15) is 9.59 Å². The van der Waals surface area contributed by atoms with Gasteiger partial charge in [0.1, 0.15) is 11.1 Å². The molecule has 45 heavy (non-hydrogen) atoms. The van der Waals surface area contributed by atoms with Gasteiger partial charge in [-0.15, -0.1) is 0 Å². The summed E-state index contributed by atoms with van der Waals surface area (Å²) in [6.45, 7) is 4.39. The molecule has 1 amide bonds. The molecular formula is C36H33ClN2O6. The number of nitrogens with zero attached hydrogens (tertiary/aromatic N) is 2. The number of amides is 1. The van der Waals surface area contributed by atoms with E-state index in [0.29, 0.717) is 22.8 Å². The maximum Gasteiger partial charge on any atom is 0.355 e. The predicted octanol–water partition coefficient (Wildman–Crippen LogP) is 6.17. The summed E-state index contributed by atoms with van der Waals surface area (Å²) in [4.78, 5) is 61.5. The van der Waals surface area contributed by atoms with Gasteiger partial charge < -0.3 is 19.3 Å². The largest absolute Gasteiger partial charge is 0.466 e. The van der Waals surface area contributed by atoms with E-state index >= 15 is 9.59 Å². The van der Waals surface area contributed by atoms with Crippen LogP contribution in [0.15, 0.2) is 84.2 Å². The molecule has 1 spiro atoms. The molecule has 230 valence electrons. The summed E-state index contributed by atoms with van der Waals surface area (Å²) < 4.78 is 10.5. The molecule has 3 aromatic carbocycles. The normalized spacial score (nSPS) is 21.4. The summed E-state index contributed by atoms with van der Waals surface area (Å²) in [6, 6.07) is 18.8. The van der Waals surface area contributed by atoms with Gasteiger partial charge in [0.25, 0.3) is 0 Å². The molecule has 0 saturated carbocycles. The minimum Gasteiger partial charge on any atom is -0.466 e. The lowest BCUT2D eigenvalue weighted by Crippen LogP contribution is -2.61. The van der Waals surface area contributed by atoms with Gasteiger partial charge in [0.05, 0.1) is 31.8 Å². The molecule has 6 rings (SSSR count). The fourth-order valence-corrected chi connectivity index (χ4v) is 7.27. The van der Waals surface area contributed by atoms with Crippen molar-refractivity contribution >= 4 is 47.0 Å². The van der Waals surface area contributed by atoms with Crippen molar-refractivity contribution in [2.75, 3.05) is 25.7 Å². The maximum atomic E-state index is 15.4. The SMILES string of the molecule is CCCCN1C(=O)[C@]2(c3cc(C)ccc31)C(C(=O)c1ccc(Cl)cc1)C(C(=O)OC)=C(C(=O)OC)N1C=Cc3ccccc3[C@@H]12. The molecule has 0 aliphatic carbocycles. The molecule has 1 unspecified atom stereocenters. The molecule has 3 aliphatic heterocycles. The van der Waals surface area contributed by atoms with Crippen LogP contribution in [0.3, 0.4) is 0 Å². The third-order valence-electron chi connectivity index (χ3n) is 9.07. The van der Waals surface area contributed by atoms with Crippen LogP contribution >= 0.6 is 11.6 Å². The Bertz CT molecular complexity index is 1800. The number of carbonyl (C=O) groups is 4. The highest BCUT2D eigenvalue weighted by molar-refractivity contribution is 6.30. The first-order valence-electron chi connectivity index (χ1n) is 14.9. The average molecular weight is 625 g/mol. The van der Waals surface area contributed by atoms with E-state index in [0.717, 1.165) is 29.5 Å². The van der Waals surface area contributed by atoms with E-state index in [2.05, 4.69) is 0 Å². The second kappa shape index (κ2) is 11.7. The quantitative estimate of drug-likeness (QED) is 0.229. The molecule has 0 fully saturated rings. The number of hydrogen-bond donors (Lipinski definition) is 0. The van der Waals surface area contributed by atoms with Crippen molar-refractivity contribution in [3.63, 3.8) is 0 Å². The molecule has 3 atom stereocenters. The first-order valence-corrected chi connectivity index (χ1v) is 15.3. The van der Waals surface area contributed by atoms with Crippen LogP contribution in [0.1, 0.15) is 58.4 Å². The summed E-state index contributed by atoms with van der Waals surface area (Å²) in [7, 11) is 2.41. The van der Waals surface area contributed by atoms with Crippen LogP contribution < -0.4 is 4.90 Å². The van der Waals surface area contributed by atoms with Crippen molar-refractivity contribution in [1.82, 2.24) is 4.90 Å². The van der Waals surface area contributed by atoms with Gasteiger partial charge in [-0.3, -0.25) is 9.59 Å². The van der Waals surface area contributed by atoms with E-state index < -0.39 is 35.1 Å². The Morgan fingerprint density at radius 2 is 1.67 bits per heavy atom. The van der Waals surface area contributed by atoms with Gasteiger partial charge in [0.15, 0.2) is 5.78 Å². The molecule has 0 aromatic heterocycles. The molecule has 0 radical (unpaired) electrons. The number of Topliss-reactive ketones (excluding diaryl/α,β-unsaturated/α-hetero) is 1. The molecular weight excluding hydrogens is 592 g/mol. The summed E-state index contributed by atoms with van der Waals surface area (Å²) >= 11 is 6.20. The summed E-state index contributed by atoms with van der Waals surface area (Å²) in [5.74, 6) is -4.03. The van der Waals surface area contributed by atoms with Gasteiger partial charge in [-0.25, -0.2) is 9.59 Å². The molecule has 3 aliphatic rings. The van der Waals surface area contributed by atoms with E-state index in [1.807, 2.05) is 62.4 Å². The van der Waals surface area contributed by atoms with E-state index in [-0.39, 0.29) is 22.7 Å². The fraction of sp³-hybridized carbons (Fsp3) is 0.278. The standard InChI is InChI=1S/C36H33ClN2O6/c1-5-6-18-38-27-16-11-21(2)20-26(27)36(35(38)43)29(31(40)23-12-14-24(37)15-13-23)28(33(41)44-3)30(34(42)45-4)39-19-17-22-9-7-8-10-25(22)32(36)39/h7-17,19-20,29,32H,5-6,18H2,1-4H3/t29?,32-,36-/m1/s1. The Balaban J connectivity index is 1.80. The number of fused-ring (bicyclic) bond motifs is 6. The third-order valence-corrected chi connectivity index (χ3v) is 9.32. The monoisotopic (exact) mass is 624 g/mol. The molecule has 8 nitrogen and oxygen atoms in total. The van der Waals surface area contributed by atoms with E-state index in [1.165, 1.54) is 14.2 Å². The fourth-order valence-electron chi connectivity index (χ4n) is 7.14. The predicted molar refractivity (Wildman–Crippen MR) is 171 cm³/mol. The zero-order valence-electron chi connectivity index (χ0n) is 25.5. The molecule has 3 aromatic rings. The summed E-state index contributed by atoms with van der Waals surface area (Å²) in [6.07, 6.45) is 5.07. The Morgan fingerprint density at radius 3 is 2.36 bits per heavy atom. The number of anilines is 1. The van der Waals surface area contributed by atoms with E-state index in [1.54, 1.807) is 40.3 Å². The molecule has 3 heterocycles. The average Bonchev–Trinajstić information content (AvgIpc) is 3.28. The van der Waals surface area contributed by atoms with Crippen molar-refractivity contribution in [2.24, 2.45) is 5.92 Å². The lowest BCUT2D eigenvalue weighted by atomic mass is 9.56. The highest BCUT2D eigenvalue weighted by Gasteiger charge is 2.69. The van der Waals surface area contributed by atoms with Crippen LogP contribution in [0.5, 0.6) is 0 Å². The summed E-state index contributed by atoms with van der Waals surface area (Å²) in [5, 5.41) is 0.421. The number of aryl methyl sites for hydroxylation is 1. The van der Waals surface area contributed by atoms with Crippen LogP contribution in [0.2, 0.25) is 5.02 Å². The lowest BCUT2D eigenvalue weighted by Gasteiger charge is -2.52. The van der Waals surface area contributed by atoms with Gasteiger partial charge in [0.2, 0.25) is 5.91 Å². The third kappa shape index (κ3) is 4.50. The van der Waals surface area contributed by atoms with Gasteiger partial charge >= 0.3 is 11.9 Å². The van der Waals surface area contributed by atoms with Crippen LogP contribution in [0, 0.1) is 12.8 Å². The molecule has 0 bridgehead atoms. The maximum absolute atomic E-state index is 15.4. The Labute approximate surface area is 266 Å². The lowest BCUT2D eigenvalue weighted by molar-refractivity contribution is -0.144. The smallest absolute Gasteiger partial charge is 0.355 e. The van der Waals surface area contributed by atoms with Crippen LogP contribution in [0.25, 0.3) is 6.08 Å². The van der Waals surface area contributed by atoms with Gasteiger partial charge in [-0.2, -0.15) is 0 Å². The zero-order valence-corrected chi connectivity index (χ0v) is 26.3. The number of benzene rings is 3. The minimum absolute atomic E-state index is 0.146. The topological polar surface area (TPSA) is 93.2 Å². The zero-order chi connectivity index (χ0) is 32.0. The number of unbranched alkanes of at least 4 members (excludes halogenated alkanes) is 1. The van der Waals surface area contributed by atoms with Crippen molar-refractivity contribution < 1.29 is 28.7 Å². The number of rotatable bonds is 7. The number of carbonyl (C=O) groups excluding carboxylic acids is 4. The van der Waals surface area contributed by atoms with Gasteiger partial charge in [0, 0.05) is 29.0 Å².